The van der Waals surface area contributed by atoms with Crippen LogP contribution in [0.1, 0.15) is 44.6 Å². The highest BCUT2D eigenvalue weighted by molar-refractivity contribution is 6.30. The average Bonchev–Trinajstić information content (AvgIpc) is 3.31. The summed E-state index contributed by atoms with van der Waals surface area (Å²) in [4.78, 5) is 15.1. The van der Waals surface area contributed by atoms with Crippen LogP contribution in [-0.4, -0.2) is 36.5 Å². The van der Waals surface area contributed by atoms with Crippen molar-refractivity contribution in [2.75, 3.05) is 19.6 Å². The Morgan fingerprint density at radius 3 is 2.68 bits per heavy atom. The molecule has 0 spiro atoms. The summed E-state index contributed by atoms with van der Waals surface area (Å²) < 4.78 is 0. The van der Waals surface area contributed by atoms with Gasteiger partial charge >= 0.3 is 0 Å². The third-order valence-corrected chi connectivity index (χ3v) is 5.46. The number of nitrogens with zero attached hydrogens (tertiary/aromatic N) is 1. The standard InChI is InChI=1S/C18H25ClN2O/c1-14-4-2-3-12-21(14)13-11-20-17(22)18(9-10-18)15-5-7-16(19)8-6-15/h5-8,14H,2-4,9-13H2,1H3,(H,20,22). The lowest BCUT2D eigenvalue weighted by atomic mass is 9.95. The minimum Gasteiger partial charge on any atom is -0.354 e. The summed E-state index contributed by atoms with van der Waals surface area (Å²) in [5.74, 6) is 0.180. The fraction of sp³-hybridized carbons (Fsp3) is 0.611. The molecule has 1 saturated carbocycles. The quantitative estimate of drug-likeness (QED) is 0.902. The van der Waals surface area contributed by atoms with Crippen molar-refractivity contribution in [3.05, 3.63) is 34.9 Å². The second kappa shape index (κ2) is 6.59. The van der Waals surface area contributed by atoms with Crippen LogP contribution in [0.3, 0.4) is 0 Å². The molecule has 4 heteroatoms. The van der Waals surface area contributed by atoms with Crippen LogP contribution in [0.4, 0.5) is 0 Å². The molecule has 1 unspecified atom stereocenters. The predicted octanol–water partition coefficient (Wildman–Crippen LogP) is 3.36. The maximum atomic E-state index is 12.6. The zero-order valence-corrected chi connectivity index (χ0v) is 14.0. The van der Waals surface area contributed by atoms with E-state index in [0.29, 0.717) is 6.04 Å². The molecule has 1 aliphatic heterocycles. The summed E-state index contributed by atoms with van der Waals surface area (Å²) in [5.41, 5.74) is 0.804. The van der Waals surface area contributed by atoms with Gasteiger partial charge < -0.3 is 5.32 Å². The summed E-state index contributed by atoms with van der Waals surface area (Å²) in [6, 6.07) is 8.37. The van der Waals surface area contributed by atoms with Gasteiger partial charge in [-0.3, -0.25) is 9.69 Å². The van der Waals surface area contributed by atoms with E-state index in [0.717, 1.165) is 36.5 Å². The number of carbonyl (C=O) groups excluding carboxylic acids is 1. The van der Waals surface area contributed by atoms with Crippen LogP contribution < -0.4 is 5.32 Å². The van der Waals surface area contributed by atoms with Crippen LogP contribution >= 0.6 is 11.6 Å². The lowest BCUT2D eigenvalue weighted by Crippen LogP contribution is -2.44. The lowest BCUT2D eigenvalue weighted by Gasteiger charge is -2.33. The molecule has 1 aromatic carbocycles. The van der Waals surface area contributed by atoms with E-state index in [9.17, 15) is 4.79 Å². The van der Waals surface area contributed by atoms with Gasteiger partial charge in [-0.1, -0.05) is 30.2 Å². The molecule has 120 valence electrons. The highest BCUT2D eigenvalue weighted by atomic mass is 35.5. The molecule has 1 amide bonds. The number of hydrogen-bond acceptors (Lipinski definition) is 2. The molecule has 0 bridgehead atoms. The Bertz CT molecular complexity index is 524. The molecule has 3 nitrogen and oxygen atoms in total. The Morgan fingerprint density at radius 1 is 1.32 bits per heavy atom. The summed E-state index contributed by atoms with van der Waals surface area (Å²) >= 11 is 5.94. The molecule has 3 rings (SSSR count). The molecule has 1 atom stereocenters. The van der Waals surface area contributed by atoms with E-state index in [4.69, 9.17) is 11.6 Å². The van der Waals surface area contributed by atoms with E-state index in [-0.39, 0.29) is 11.3 Å². The Hall–Kier alpha value is -1.06. The van der Waals surface area contributed by atoms with Crippen molar-refractivity contribution < 1.29 is 4.79 Å². The molecule has 1 heterocycles. The van der Waals surface area contributed by atoms with Crippen LogP contribution in [0.25, 0.3) is 0 Å². The maximum Gasteiger partial charge on any atom is 0.230 e. The number of piperidine rings is 1. The molecule has 2 fully saturated rings. The maximum absolute atomic E-state index is 12.6. The molecule has 1 saturated heterocycles. The highest BCUT2D eigenvalue weighted by Crippen LogP contribution is 2.48. The molecular weight excluding hydrogens is 296 g/mol. The Balaban J connectivity index is 1.52. The van der Waals surface area contributed by atoms with E-state index in [1.807, 2.05) is 24.3 Å². The topological polar surface area (TPSA) is 32.3 Å². The Kier molecular flexibility index (Phi) is 4.74. The van der Waals surface area contributed by atoms with Crippen LogP contribution in [-0.2, 0) is 10.2 Å². The van der Waals surface area contributed by atoms with Gasteiger partial charge in [0.1, 0.15) is 0 Å². The Morgan fingerprint density at radius 2 is 2.05 bits per heavy atom. The van der Waals surface area contributed by atoms with Gasteiger partial charge in [-0.05, 0) is 56.8 Å². The first-order valence-electron chi connectivity index (χ1n) is 8.40. The van der Waals surface area contributed by atoms with Crippen molar-refractivity contribution in [1.29, 1.82) is 0 Å². The number of nitrogens with one attached hydrogen (secondary N) is 1. The largest absolute Gasteiger partial charge is 0.354 e. The van der Waals surface area contributed by atoms with Crippen LogP contribution in [0.2, 0.25) is 5.02 Å². The van der Waals surface area contributed by atoms with Gasteiger partial charge in [0.25, 0.3) is 0 Å². The minimum absolute atomic E-state index is 0.180. The van der Waals surface area contributed by atoms with Crippen molar-refractivity contribution in [2.45, 2.75) is 50.5 Å². The van der Waals surface area contributed by atoms with Crippen molar-refractivity contribution in [3.63, 3.8) is 0 Å². The number of amides is 1. The van der Waals surface area contributed by atoms with E-state index < -0.39 is 0 Å². The van der Waals surface area contributed by atoms with Crippen LogP contribution in [0.5, 0.6) is 0 Å². The first-order chi connectivity index (χ1) is 10.6. The zero-order valence-electron chi connectivity index (χ0n) is 13.3. The molecule has 1 aliphatic carbocycles. The molecule has 1 aromatic rings. The van der Waals surface area contributed by atoms with Crippen molar-refractivity contribution in [2.24, 2.45) is 0 Å². The SMILES string of the molecule is CC1CCCCN1CCNC(=O)C1(c2ccc(Cl)cc2)CC1. The van der Waals surface area contributed by atoms with Crippen molar-refractivity contribution in [1.82, 2.24) is 10.2 Å². The average molecular weight is 321 g/mol. The summed E-state index contributed by atoms with van der Waals surface area (Å²) in [6.45, 7) is 5.17. The van der Waals surface area contributed by atoms with E-state index >= 15 is 0 Å². The smallest absolute Gasteiger partial charge is 0.230 e. The fourth-order valence-corrected chi connectivity index (χ4v) is 3.64. The lowest BCUT2D eigenvalue weighted by molar-refractivity contribution is -0.123. The fourth-order valence-electron chi connectivity index (χ4n) is 3.51. The number of carbonyl (C=O) groups is 1. The zero-order chi connectivity index (χ0) is 15.6. The molecule has 0 radical (unpaired) electrons. The number of hydrogen-bond donors (Lipinski definition) is 1. The van der Waals surface area contributed by atoms with Gasteiger partial charge in [0, 0.05) is 24.2 Å². The summed E-state index contributed by atoms with van der Waals surface area (Å²) in [7, 11) is 0. The van der Waals surface area contributed by atoms with Crippen LogP contribution in [0, 0.1) is 0 Å². The van der Waals surface area contributed by atoms with E-state index in [1.54, 1.807) is 0 Å². The van der Waals surface area contributed by atoms with Gasteiger partial charge in [-0.15, -0.1) is 0 Å². The first-order valence-corrected chi connectivity index (χ1v) is 8.78. The second-order valence-electron chi connectivity index (χ2n) is 6.73. The molecule has 1 N–H and O–H groups in total. The third-order valence-electron chi connectivity index (χ3n) is 5.21. The number of halogens is 1. The van der Waals surface area contributed by atoms with E-state index in [2.05, 4.69) is 17.1 Å². The Labute approximate surface area is 138 Å². The van der Waals surface area contributed by atoms with Crippen LogP contribution in [0.15, 0.2) is 24.3 Å². The molecular formula is C18H25ClN2O. The van der Waals surface area contributed by atoms with Crippen molar-refractivity contribution in [3.8, 4) is 0 Å². The number of likely N-dealkylation sites (tertiary alicyclic amines) is 1. The normalized spacial score (nSPS) is 24.0. The van der Waals surface area contributed by atoms with Crippen molar-refractivity contribution >= 4 is 17.5 Å². The van der Waals surface area contributed by atoms with Gasteiger partial charge in [-0.2, -0.15) is 0 Å². The third kappa shape index (κ3) is 3.31. The predicted molar refractivity (Wildman–Crippen MR) is 90.3 cm³/mol. The molecule has 2 aliphatic rings. The molecule has 0 aromatic heterocycles. The first kappa shape index (κ1) is 15.8. The van der Waals surface area contributed by atoms with Gasteiger partial charge in [0.05, 0.1) is 5.41 Å². The summed E-state index contributed by atoms with van der Waals surface area (Å²) in [5, 5.41) is 3.87. The van der Waals surface area contributed by atoms with E-state index in [1.165, 1.54) is 25.8 Å². The number of benzene rings is 1. The van der Waals surface area contributed by atoms with Gasteiger partial charge in [0.15, 0.2) is 0 Å². The second-order valence-corrected chi connectivity index (χ2v) is 7.16. The number of rotatable bonds is 5. The minimum atomic E-state index is -0.294. The van der Waals surface area contributed by atoms with Gasteiger partial charge in [-0.25, -0.2) is 0 Å². The monoisotopic (exact) mass is 320 g/mol. The highest BCUT2D eigenvalue weighted by Gasteiger charge is 2.51. The molecule has 22 heavy (non-hydrogen) atoms. The summed E-state index contributed by atoms with van der Waals surface area (Å²) in [6.07, 6.45) is 5.79. The van der Waals surface area contributed by atoms with Gasteiger partial charge in [0.2, 0.25) is 5.91 Å².